The Balaban J connectivity index is 1.31. The van der Waals surface area contributed by atoms with Gasteiger partial charge in [0.05, 0.1) is 19.3 Å². The molecule has 20 nitrogen and oxygen atoms in total. The standard InChI is InChI=1S/C33H40O20/c1-10-19(37)23(41)27(45)32(48-10)49-13-6-14(36)18-15(7-13)50-29(11-2-4-12(35)5-3-11)30(22(18)40)53-33-28(46)25(43)21(39)17(52-33)9-47-31-26(44)24(42)20(38)16(8-34)51-31/h2-7,10,16-17,19-21,23-28,31-39,41-46H,8-9H2,1H3/t10-,16+,17+,19-,20-,21-,23+,24-,25-,26+,27+,28+,31+,32-,33-/m0/s1. The van der Waals surface area contributed by atoms with Crippen LogP contribution in [0.3, 0.4) is 0 Å². The van der Waals surface area contributed by atoms with Crippen molar-refractivity contribution in [1.82, 2.24) is 0 Å². The quantitative estimate of drug-likeness (QED) is 0.0992. The third-order valence-electron chi connectivity index (χ3n) is 9.27. The van der Waals surface area contributed by atoms with Crippen molar-refractivity contribution < 1.29 is 94.1 Å². The maximum Gasteiger partial charge on any atom is 0.239 e. The molecule has 0 saturated carbocycles. The molecule has 2 aromatic carbocycles. The highest BCUT2D eigenvalue weighted by Gasteiger charge is 2.48. The number of benzene rings is 2. The van der Waals surface area contributed by atoms with Gasteiger partial charge in [0, 0.05) is 17.7 Å². The zero-order valence-electron chi connectivity index (χ0n) is 27.7. The first-order valence-corrected chi connectivity index (χ1v) is 16.4. The van der Waals surface area contributed by atoms with Crippen LogP contribution < -0.4 is 14.9 Å². The van der Waals surface area contributed by atoms with E-state index < -0.39 is 128 Å². The second-order valence-electron chi connectivity index (χ2n) is 12.9. The van der Waals surface area contributed by atoms with Gasteiger partial charge in [0.15, 0.2) is 12.1 Å². The Hall–Kier alpha value is -3.71. The summed E-state index contributed by atoms with van der Waals surface area (Å²) in [6, 6.07) is 7.30. The largest absolute Gasteiger partial charge is 0.508 e. The van der Waals surface area contributed by atoms with Crippen LogP contribution in [-0.2, 0) is 18.9 Å². The van der Waals surface area contributed by atoms with Gasteiger partial charge in [0.2, 0.25) is 23.8 Å². The second kappa shape index (κ2) is 15.6. The van der Waals surface area contributed by atoms with Crippen LogP contribution in [0.2, 0.25) is 0 Å². The van der Waals surface area contributed by atoms with Gasteiger partial charge in [-0.1, -0.05) is 0 Å². The first-order valence-electron chi connectivity index (χ1n) is 16.4. The van der Waals surface area contributed by atoms with Crippen LogP contribution in [0.25, 0.3) is 22.3 Å². The monoisotopic (exact) mass is 756 g/mol. The van der Waals surface area contributed by atoms with Gasteiger partial charge in [-0.2, -0.15) is 0 Å². The molecule has 3 aliphatic rings. The van der Waals surface area contributed by atoms with Gasteiger partial charge < -0.3 is 94.1 Å². The van der Waals surface area contributed by atoms with E-state index >= 15 is 0 Å². The van der Waals surface area contributed by atoms with Crippen LogP contribution in [-0.4, -0.2) is 167 Å². The van der Waals surface area contributed by atoms with Crippen LogP contribution in [0.1, 0.15) is 6.92 Å². The number of rotatable bonds is 9. The zero-order valence-corrected chi connectivity index (χ0v) is 27.7. The lowest BCUT2D eigenvalue weighted by Gasteiger charge is -2.42. The molecule has 0 unspecified atom stereocenters. The fraction of sp³-hybridized carbons (Fsp3) is 0.545. The molecule has 3 aromatic rings. The van der Waals surface area contributed by atoms with Gasteiger partial charge >= 0.3 is 0 Å². The molecule has 0 radical (unpaired) electrons. The lowest BCUT2D eigenvalue weighted by molar-refractivity contribution is -0.323. The fourth-order valence-electron chi connectivity index (χ4n) is 6.14. The van der Waals surface area contributed by atoms with Crippen LogP contribution >= 0.6 is 0 Å². The van der Waals surface area contributed by atoms with E-state index in [1.165, 1.54) is 31.2 Å². The van der Waals surface area contributed by atoms with Crippen molar-refractivity contribution in [2.24, 2.45) is 0 Å². The highest BCUT2D eigenvalue weighted by Crippen LogP contribution is 2.38. The van der Waals surface area contributed by atoms with E-state index in [0.717, 1.165) is 12.1 Å². The Labute approximate surface area is 298 Å². The molecular formula is C33H40O20. The molecule has 292 valence electrons. The van der Waals surface area contributed by atoms with E-state index in [1.807, 2.05) is 0 Å². The Morgan fingerprint density at radius 3 is 1.87 bits per heavy atom. The molecule has 12 N–H and O–H groups in total. The summed E-state index contributed by atoms with van der Waals surface area (Å²) in [4.78, 5) is 14.0. The zero-order chi connectivity index (χ0) is 38.5. The van der Waals surface area contributed by atoms with Crippen molar-refractivity contribution in [3.05, 3.63) is 46.6 Å². The minimum atomic E-state index is -2.01. The van der Waals surface area contributed by atoms with Crippen LogP contribution in [0.5, 0.6) is 23.0 Å². The highest BCUT2D eigenvalue weighted by atomic mass is 16.7. The van der Waals surface area contributed by atoms with Gasteiger partial charge in [-0.15, -0.1) is 0 Å². The number of fused-ring (bicyclic) bond motifs is 1. The molecule has 0 amide bonds. The van der Waals surface area contributed by atoms with E-state index in [1.54, 1.807) is 0 Å². The van der Waals surface area contributed by atoms with Gasteiger partial charge in [-0.25, -0.2) is 0 Å². The van der Waals surface area contributed by atoms with Crippen LogP contribution in [0.4, 0.5) is 0 Å². The summed E-state index contributed by atoms with van der Waals surface area (Å²) in [7, 11) is 0. The number of ether oxygens (including phenoxy) is 6. The summed E-state index contributed by atoms with van der Waals surface area (Å²) < 4.78 is 39.3. The topological polar surface area (TPSA) is 328 Å². The van der Waals surface area contributed by atoms with E-state index in [9.17, 15) is 66.1 Å². The Morgan fingerprint density at radius 2 is 1.23 bits per heavy atom. The smallest absolute Gasteiger partial charge is 0.239 e. The van der Waals surface area contributed by atoms with Crippen molar-refractivity contribution in [3.8, 4) is 34.3 Å². The molecule has 1 aromatic heterocycles. The third kappa shape index (κ3) is 7.52. The fourth-order valence-corrected chi connectivity index (χ4v) is 6.14. The molecule has 20 heteroatoms. The molecule has 53 heavy (non-hydrogen) atoms. The summed E-state index contributed by atoms with van der Waals surface area (Å²) in [6.45, 7) is -0.00876. The van der Waals surface area contributed by atoms with Crippen LogP contribution in [0.15, 0.2) is 45.6 Å². The van der Waals surface area contributed by atoms with Gasteiger partial charge in [0.1, 0.15) is 95.4 Å². The van der Waals surface area contributed by atoms with E-state index in [-0.39, 0.29) is 28.4 Å². The van der Waals surface area contributed by atoms with E-state index in [0.29, 0.717) is 0 Å². The molecule has 3 fully saturated rings. The summed E-state index contributed by atoms with van der Waals surface area (Å²) in [5.74, 6) is -2.10. The van der Waals surface area contributed by atoms with Crippen molar-refractivity contribution >= 4 is 11.0 Å². The molecule has 0 aliphatic carbocycles. The third-order valence-corrected chi connectivity index (χ3v) is 9.27. The highest BCUT2D eigenvalue weighted by molar-refractivity contribution is 5.88. The number of phenolic OH excluding ortho intramolecular Hbond substituents is 2. The molecular weight excluding hydrogens is 716 g/mol. The van der Waals surface area contributed by atoms with Crippen LogP contribution in [0, 0.1) is 0 Å². The van der Waals surface area contributed by atoms with Crippen molar-refractivity contribution in [1.29, 1.82) is 0 Å². The number of aliphatic hydroxyl groups excluding tert-OH is 10. The number of hydrogen-bond donors (Lipinski definition) is 12. The number of aliphatic hydroxyl groups is 10. The minimum Gasteiger partial charge on any atom is -0.508 e. The number of phenols is 2. The predicted octanol–water partition coefficient (Wildman–Crippen LogP) is -3.92. The van der Waals surface area contributed by atoms with Crippen molar-refractivity contribution in [2.45, 2.75) is 99.0 Å². The normalized spacial score (nSPS) is 37.8. The summed E-state index contributed by atoms with van der Waals surface area (Å²) in [6.07, 6.45) is -24.8. The Kier molecular flexibility index (Phi) is 11.5. The molecule has 3 aliphatic heterocycles. The van der Waals surface area contributed by atoms with Gasteiger partial charge in [-0.05, 0) is 31.2 Å². The average molecular weight is 757 g/mol. The van der Waals surface area contributed by atoms with Gasteiger partial charge in [0.25, 0.3) is 0 Å². The maximum absolute atomic E-state index is 14.0. The molecule has 4 heterocycles. The molecule has 0 bridgehead atoms. The molecule has 3 saturated heterocycles. The Morgan fingerprint density at radius 1 is 0.660 bits per heavy atom. The molecule has 15 atom stereocenters. The average Bonchev–Trinajstić information content (AvgIpc) is 3.13. The summed E-state index contributed by atoms with van der Waals surface area (Å²) >= 11 is 0. The Bertz CT molecular complexity index is 1780. The van der Waals surface area contributed by atoms with E-state index in [4.69, 9.17) is 32.8 Å². The van der Waals surface area contributed by atoms with E-state index in [2.05, 4.69) is 0 Å². The second-order valence-corrected chi connectivity index (χ2v) is 12.9. The first-order chi connectivity index (χ1) is 25.1. The SMILES string of the molecule is C[C@@H]1O[C@@H](Oc2cc(O)c3c(=O)c(O[C@@H]4O[C@H](CO[C@@H]5O[C@H](CO)[C@H](O)[C@H](O)[C@H]5O)[C@H](O)[C@H](O)[C@H]4O)c(-c4ccc(O)cc4)oc3c2)[C@H](O)[C@H](O)[C@H]1O. The number of aromatic hydroxyl groups is 2. The molecule has 6 rings (SSSR count). The molecule has 0 spiro atoms. The van der Waals surface area contributed by atoms with Gasteiger partial charge in [-0.3, -0.25) is 4.79 Å². The van der Waals surface area contributed by atoms with Crippen molar-refractivity contribution in [3.63, 3.8) is 0 Å². The number of hydrogen-bond acceptors (Lipinski definition) is 20. The summed E-state index contributed by atoms with van der Waals surface area (Å²) in [5.41, 5.74) is -1.22. The first kappa shape index (κ1) is 39.0. The summed E-state index contributed by atoms with van der Waals surface area (Å²) in [5, 5.41) is 123. The minimum absolute atomic E-state index is 0.118. The lowest BCUT2D eigenvalue weighted by atomic mass is 9.98. The lowest BCUT2D eigenvalue weighted by Crippen LogP contribution is -2.62. The predicted molar refractivity (Wildman–Crippen MR) is 171 cm³/mol. The maximum atomic E-state index is 14.0. The van der Waals surface area contributed by atoms with Crippen molar-refractivity contribution in [2.75, 3.05) is 13.2 Å².